The van der Waals surface area contributed by atoms with E-state index >= 15 is 0 Å². The first kappa shape index (κ1) is 102. The first-order chi connectivity index (χ1) is 60.2. The molecule has 4 aliphatic rings. The van der Waals surface area contributed by atoms with Crippen molar-refractivity contribution in [3.05, 3.63) is 144 Å². The summed E-state index contributed by atoms with van der Waals surface area (Å²) in [5.74, 6) is -1.57. The molecule has 702 valence electrons. The van der Waals surface area contributed by atoms with Crippen molar-refractivity contribution in [3.8, 4) is 0 Å². The lowest BCUT2D eigenvalue weighted by atomic mass is 10.0. The fourth-order valence-electron chi connectivity index (χ4n) is 13.7. The second-order valence-electron chi connectivity index (χ2n) is 39.1. The number of aliphatic hydroxyl groups is 3. The Hall–Kier alpha value is -4.31. The fourth-order valence-corrected chi connectivity index (χ4v) is 21.9. The van der Waals surface area contributed by atoms with Crippen LogP contribution in [0.3, 0.4) is 0 Å². The molecule has 0 radical (unpaired) electrons. The van der Waals surface area contributed by atoms with E-state index in [-0.39, 0.29) is 102 Å². The normalized spacial score (nSPS) is 25.7. The molecule has 8 rings (SSSR count). The summed E-state index contributed by atoms with van der Waals surface area (Å²) in [6, 6.07) is 40.9. The molecule has 4 saturated heterocycles. The fraction of sp³-hybridized carbons (Fsp3) is 0.699. The van der Waals surface area contributed by atoms with Gasteiger partial charge in [-0.1, -0.05) is 227 Å². The van der Waals surface area contributed by atoms with Gasteiger partial charge in [0.25, 0.3) is 0 Å². The van der Waals surface area contributed by atoms with E-state index < -0.39 is 134 Å². The Morgan fingerprint density at radius 3 is 1.00 bits per heavy atom. The van der Waals surface area contributed by atoms with Crippen LogP contribution in [-0.4, -0.2) is 245 Å². The van der Waals surface area contributed by atoms with Gasteiger partial charge in [0, 0.05) is 75.5 Å². The lowest BCUT2D eigenvalue weighted by Crippen LogP contribution is -2.50. The minimum atomic E-state index is -3.94. The standard InChI is InChI=1S/C42H68NO11PSi2.C25H46NO4PSi.C23H37NO6Si.3CH4/c1-41(2,3)56(9,10)53-38-31(25-29-19-15-13-16-20-29)50-33(37(38)46)28-49-55(8,47)52-39-34(27-48-36(45)24-23-35(44)43-7)51-32(26-30-21-17-14-18-22-30)40(39)54-57(11,12)42(4,5)6;1-18(2)26(19(3)4)31(8)28-17-22-23(27)24(30-32(9,10)25(5,6)7)21(29-22)16-20-14-12-11-13-15-20;1-23(2,3)31(5,6)30-22-17(14-16-10-8-7-9-11-16)29-18(21(22)27)15-28-20(26)13-12-19(25)24-4;;;/h13-22,31-34,37-40,46H,23-28H2,1-12H3,(H,43,44);11-15,18-19,21-24,27H,16-17H2,1-10H3;7-11,17-18,21-22,27H,12-15H2,1-6H3,(H,24,25);3*1H4/t31-,32-,33+,34+,37?,38+,39?,40+,55?;21-,22+,23?,24+,31?;17-,18+,21?,22+;;;/m000.../s1/i46D;2*27D;3*1T. The predicted molar refractivity (Wildman–Crippen MR) is 506 cm³/mol. The maximum Gasteiger partial charge on any atom is 0.328 e. The van der Waals surface area contributed by atoms with Crippen molar-refractivity contribution in [2.45, 2.75) is 367 Å². The van der Waals surface area contributed by atoms with Crippen LogP contribution in [0.4, 0.5) is 0 Å². The number of ether oxygens (including phenoxy) is 6. The highest BCUT2D eigenvalue weighted by atomic mass is 31.2. The summed E-state index contributed by atoms with van der Waals surface area (Å²) in [4.78, 5) is 48.0. The third-order valence-electron chi connectivity index (χ3n) is 24.8. The van der Waals surface area contributed by atoms with E-state index in [1.165, 1.54) is 48.5 Å². The first-order valence-electron chi connectivity index (χ1n) is 47.1. The van der Waals surface area contributed by atoms with Crippen LogP contribution in [0.15, 0.2) is 121 Å². The van der Waals surface area contributed by atoms with Crippen LogP contribution in [0, 0.1) is 0 Å². The van der Waals surface area contributed by atoms with Gasteiger partial charge >= 0.3 is 19.5 Å². The number of esters is 2. The molecular formula is C93H163N3O21P2Si4. The summed E-state index contributed by atoms with van der Waals surface area (Å²) in [5, 5.41) is 20.4. The summed E-state index contributed by atoms with van der Waals surface area (Å²) in [6.07, 6.45) is -6.90. The third kappa shape index (κ3) is 33.9. The smallest absolute Gasteiger partial charge is 0.328 e. The number of carbonyl (C=O) groups excluding carboxylic acids is 4. The number of amides is 2. The van der Waals surface area contributed by atoms with Crippen molar-refractivity contribution in [3.63, 3.8) is 0 Å². The highest BCUT2D eigenvalue weighted by Crippen LogP contribution is 2.52. The van der Waals surface area contributed by atoms with Gasteiger partial charge in [0.15, 0.2) is 33.3 Å². The number of carbonyl (C=O) groups is 4. The molecule has 0 spiro atoms. The molecule has 123 heavy (non-hydrogen) atoms. The average molecular weight is 1840 g/mol. The van der Waals surface area contributed by atoms with Gasteiger partial charge < -0.3 is 81.1 Å². The molecule has 4 fully saturated rings. The number of hydrogen-bond acceptors (Lipinski definition) is 22. The maximum absolute atomic E-state index is 14.5. The molecule has 4 aromatic carbocycles. The van der Waals surface area contributed by atoms with Crippen molar-refractivity contribution < 1.29 is 103 Å². The van der Waals surface area contributed by atoms with Crippen molar-refractivity contribution in [2.75, 3.05) is 53.9 Å². The summed E-state index contributed by atoms with van der Waals surface area (Å²) < 4.78 is 141. The first-order valence-corrected chi connectivity index (χ1v) is 58.1. The number of rotatable bonds is 40. The van der Waals surface area contributed by atoms with Crippen LogP contribution >= 0.6 is 15.9 Å². The van der Waals surface area contributed by atoms with E-state index in [1.807, 2.05) is 109 Å². The Morgan fingerprint density at radius 1 is 0.447 bits per heavy atom. The lowest BCUT2D eigenvalue weighted by Gasteiger charge is -2.41. The van der Waals surface area contributed by atoms with Gasteiger partial charge in [0.1, 0.15) is 94.8 Å². The minimum Gasteiger partial charge on any atom is -0.463 e. The SMILES string of the molecule is [2H]OC1[C@@H](COC(=O)CCC(=O)NC)O[C@@H](Cc2ccccc2)[C@H]1O[Si](C)(C)C(C)(C)C.[2H]OC1[C@@H](COP(C)(=O)OC2[C@@H](COC(=O)CCC(=O)NC)O[C@@H](Cc3ccccc3)[C@H]2O[Si](C)(C)C(C)(C)C)O[C@@H](Cc2ccccc2)[C@H]1O[Si](C)(C)C(C)(C)C.[2H]OC1[C@@H](COP(C)N(C(C)C)C(C)C)O[C@@H](Cc2ccccc2)[C@H]1O[Si](C)(C)C(C)(C)C.[3H]C.[3H]C.[3H]C. The van der Waals surface area contributed by atoms with Crippen LogP contribution in [0.2, 0.25) is 72.5 Å². The Balaban J connectivity index is 0.000000517. The highest BCUT2D eigenvalue weighted by Gasteiger charge is 2.56. The molecule has 6 unspecified atom stereocenters. The van der Waals surface area contributed by atoms with Crippen molar-refractivity contribution in [1.29, 1.82) is 4.29 Å². The number of aliphatic hydroxyl groups excluding tert-OH is 3. The molecule has 0 bridgehead atoms. The van der Waals surface area contributed by atoms with Gasteiger partial charge in [-0.2, -0.15) is 0 Å². The highest BCUT2D eigenvalue weighted by molar-refractivity contribution is 7.53. The number of nitrogens with one attached hydrogen (secondary N) is 2. The number of hydrogen-bond donors (Lipinski definition) is 5. The van der Waals surface area contributed by atoms with E-state index in [9.17, 15) is 23.7 Å². The monoisotopic (exact) mass is 1840 g/mol. The lowest BCUT2D eigenvalue weighted by molar-refractivity contribution is -0.150. The zero-order valence-electron chi connectivity index (χ0n) is 86.3. The van der Waals surface area contributed by atoms with Crippen LogP contribution < -0.4 is 10.6 Å². The van der Waals surface area contributed by atoms with E-state index in [0.29, 0.717) is 38.0 Å². The van der Waals surface area contributed by atoms with Crippen molar-refractivity contribution in [2.24, 2.45) is 0 Å². The van der Waals surface area contributed by atoms with E-state index in [0.717, 1.165) is 23.1 Å². The molecule has 5 N–H and O–H groups in total. The molecular weight excluding hydrogens is 1670 g/mol. The predicted octanol–water partition coefficient (Wildman–Crippen LogP) is 18.0. The molecule has 0 aromatic heterocycles. The summed E-state index contributed by atoms with van der Waals surface area (Å²) in [7, 11) is -7.08. The van der Waals surface area contributed by atoms with E-state index in [2.05, 4.69) is 197 Å². The Bertz CT molecular complexity index is 3900. The molecule has 4 heterocycles. The van der Waals surface area contributed by atoms with Crippen LogP contribution in [0.5, 0.6) is 0 Å². The van der Waals surface area contributed by atoms with Crippen LogP contribution in [0.25, 0.3) is 0 Å². The number of nitrogens with zero attached hydrogens (tertiary/aromatic N) is 1. The average Bonchev–Trinajstić information content (AvgIpc) is 1.65. The van der Waals surface area contributed by atoms with Gasteiger partial charge in [-0.25, -0.2) is 0 Å². The summed E-state index contributed by atoms with van der Waals surface area (Å²) >= 11 is 0. The largest absolute Gasteiger partial charge is 0.463 e. The van der Waals surface area contributed by atoms with Gasteiger partial charge in [-0.15, -0.1) is 0 Å². The zero-order chi connectivity index (χ0) is 98.0. The van der Waals surface area contributed by atoms with Gasteiger partial charge in [-0.05, 0) is 129 Å². The summed E-state index contributed by atoms with van der Waals surface area (Å²) in [5.41, 5.74) is 4.34. The van der Waals surface area contributed by atoms with Crippen LogP contribution in [0.1, 0.15) is 185 Å². The minimum absolute atomic E-state index is 0.0177. The zero-order valence-corrected chi connectivity index (χ0v) is 86.1. The topological polar surface area (TPSA) is 293 Å². The van der Waals surface area contributed by atoms with Crippen LogP contribution in [-0.2, 0) is 109 Å². The molecule has 24 nitrogen and oxygen atoms in total. The van der Waals surface area contributed by atoms with Gasteiger partial charge in [0.05, 0.1) is 50.5 Å². The Kier molecular flexibility index (Phi) is 40.9. The second-order valence-corrected chi connectivity index (χ2v) is 61.7. The Morgan fingerprint density at radius 2 is 0.715 bits per heavy atom. The van der Waals surface area contributed by atoms with E-state index in [1.54, 1.807) is 0 Å². The maximum atomic E-state index is 14.5. The molecule has 0 saturated carbocycles. The van der Waals surface area contributed by atoms with E-state index in [4.69, 9.17) is 83.4 Å². The number of benzene rings is 4. The van der Waals surface area contributed by atoms with Crippen molar-refractivity contribution in [1.82, 2.24) is 15.3 Å². The third-order valence-corrected chi connectivity index (χ3v) is 46.0. The molecule has 18 atom stereocenters. The van der Waals surface area contributed by atoms with Gasteiger partial charge in [0.2, 0.25) is 16.1 Å². The molecule has 2 amide bonds. The molecule has 4 aromatic rings. The quantitative estimate of drug-likeness (QED) is 0.0157. The van der Waals surface area contributed by atoms with Gasteiger partial charge in [-0.3, -0.25) is 32.9 Å². The molecule has 4 aliphatic heterocycles. The molecule has 0 aliphatic carbocycles. The summed E-state index contributed by atoms with van der Waals surface area (Å²) in [6.45, 7) is 55.6. The Labute approximate surface area is 755 Å². The van der Waals surface area contributed by atoms with Crippen molar-refractivity contribution >= 4 is 72.9 Å². The molecule has 30 heteroatoms. The second kappa shape index (κ2) is 49.1.